The number of aryl methyl sites for hydroxylation is 2. The van der Waals surface area contributed by atoms with E-state index in [9.17, 15) is 0 Å². The van der Waals surface area contributed by atoms with Crippen molar-refractivity contribution in [3.63, 3.8) is 0 Å². The lowest BCUT2D eigenvalue weighted by atomic mass is 10.0. The van der Waals surface area contributed by atoms with Gasteiger partial charge in [0.05, 0.1) is 11.4 Å². The Morgan fingerprint density at radius 1 is 1.11 bits per heavy atom. The van der Waals surface area contributed by atoms with Gasteiger partial charge in [-0.3, -0.25) is 4.68 Å². The van der Waals surface area contributed by atoms with E-state index in [-0.39, 0.29) is 6.04 Å². The molecule has 0 bridgehead atoms. The van der Waals surface area contributed by atoms with Crippen molar-refractivity contribution in [1.82, 2.24) is 9.78 Å². The highest BCUT2D eigenvalue weighted by Crippen LogP contribution is 2.19. The minimum absolute atomic E-state index is 0.147. The van der Waals surface area contributed by atoms with Crippen LogP contribution in [0.15, 0.2) is 6.07 Å². The Hall–Kier alpha value is -0.830. The van der Waals surface area contributed by atoms with E-state index in [4.69, 9.17) is 5.73 Å². The zero-order valence-corrected chi connectivity index (χ0v) is 13.0. The SMILES string of the molecule is CCCCCCCCCC(N)c1cc(CC)nn1C. The highest BCUT2D eigenvalue weighted by molar-refractivity contribution is 5.13. The summed E-state index contributed by atoms with van der Waals surface area (Å²) in [6.07, 6.45) is 11.5. The maximum absolute atomic E-state index is 6.27. The molecule has 0 aliphatic heterocycles. The molecule has 0 aliphatic carbocycles. The molecular formula is C16H31N3. The Labute approximate surface area is 118 Å². The van der Waals surface area contributed by atoms with Crippen molar-refractivity contribution in [3.05, 3.63) is 17.5 Å². The van der Waals surface area contributed by atoms with Gasteiger partial charge in [0.15, 0.2) is 0 Å². The molecule has 0 radical (unpaired) electrons. The molecule has 3 heteroatoms. The van der Waals surface area contributed by atoms with Crippen molar-refractivity contribution in [2.75, 3.05) is 0 Å². The second-order valence-electron chi connectivity index (χ2n) is 5.55. The monoisotopic (exact) mass is 265 g/mol. The predicted octanol–water partition coefficient (Wildman–Crippen LogP) is 4.12. The highest BCUT2D eigenvalue weighted by atomic mass is 15.3. The third-order valence-electron chi connectivity index (χ3n) is 3.83. The summed E-state index contributed by atoms with van der Waals surface area (Å²) < 4.78 is 1.95. The first-order valence-corrected chi connectivity index (χ1v) is 7.97. The molecule has 0 aromatic carbocycles. The van der Waals surface area contributed by atoms with Gasteiger partial charge in [-0.1, -0.05) is 58.8 Å². The molecule has 1 atom stereocenters. The average Bonchev–Trinajstić information content (AvgIpc) is 2.79. The fourth-order valence-electron chi connectivity index (χ4n) is 2.53. The van der Waals surface area contributed by atoms with Gasteiger partial charge in [0, 0.05) is 13.1 Å². The summed E-state index contributed by atoms with van der Waals surface area (Å²) in [6, 6.07) is 2.31. The number of aromatic nitrogens is 2. The van der Waals surface area contributed by atoms with Gasteiger partial charge < -0.3 is 5.73 Å². The maximum atomic E-state index is 6.27. The summed E-state index contributed by atoms with van der Waals surface area (Å²) >= 11 is 0. The normalized spacial score (nSPS) is 12.8. The maximum Gasteiger partial charge on any atom is 0.0625 e. The quantitative estimate of drug-likeness (QED) is 0.647. The van der Waals surface area contributed by atoms with Crippen LogP contribution in [0.25, 0.3) is 0 Å². The molecule has 0 saturated carbocycles. The molecule has 0 spiro atoms. The number of nitrogens with zero attached hydrogens (tertiary/aromatic N) is 2. The van der Waals surface area contributed by atoms with E-state index in [1.807, 2.05) is 11.7 Å². The summed E-state index contributed by atoms with van der Waals surface area (Å²) in [6.45, 7) is 4.39. The Morgan fingerprint density at radius 2 is 1.74 bits per heavy atom. The largest absolute Gasteiger partial charge is 0.323 e. The van der Waals surface area contributed by atoms with Crippen LogP contribution < -0.4 is 5.73 Å². The molecule has 19 heavy (non-hydrogen) atoms. The first-order chi connectivity index (χ1) is 9.19. The number of unbranched alkanes of at least 4 members (excludes halogenated alkanes) is 6. The van der Waals surface area contributed by atoms with Crippen LogP contribution in [0.5, 0.6) is 0 Å². The Bertz CT molecular complexity index is 344. The zero-order chi connectivity index (χ0) is 14.1. The van der Waals surface area contributed by atoms with Crippen molar-refractivity contribution >= 4 is 0 Å². The van der Waals surface area contributed by atoms with Gasteiger partial charge in [0.25, 0.3) is 0 Å². The summed E-state index contributed by atoms with van der Waals surface area (Å²) in [5.41, 5.74) is 8.59. The van der Waals surface area contributed by atoms with Crippen LogP contribution in [0, 0.1) is 0 Å². The van der Waals surface area contributed by atoms with Crippen LogP contribution in [-0.4, -0.2) is 9.78 Å². The lowest BCUT2D eigenvalue weighted by Gasteiger charge is -2.11. The van der Waals surface area contributed by atoms with Crippen LogP contribution in [-0.2, 0) is 13.5 Å². The molecule has 0 saturated heterocycles. The summed E-state index contributed by atoms with van der Waals surface area (Å²) in [5, 5.41) is 4.47. The topological polar surface area (TPSA) is 43.8 Å². The molecular weight excluding hydrogens is 234 g/mol. The van der Waals surface area contributed by atoms with E-state index in [2.05, 4.69) is 25.0 Å². The van der Waals surface area contributed by atoms with Crippen LogP contribution in [0.4, 0.5) is 0 Å². The van der Waals surface area contributed by atoms with E-state index in [0.29, 0.717) is 0 Å². The van der Waals surface area contributed by atoms with Gasteiger partial charge in [-0.15, -0.1) is 0 Å². The average molecular weight is 265 g/mol. The van der Waals surface area contributed by atoms with Crippen molar-refractivity contribution in [1.29, 1.82) is 0 Å². The third-order valence-corrected chi connectivity index (χ3v) is 3.83. The van der Waals surface area contributed by atoms with Crippen molar-refractivity contribution in [3.8, 4) is 0 Å². The van der Waals surface area contributed by atoms with Crippen LogP contribution in [0.3, 0.4) is 0 Å². The molecule has 0 aliphatic rings. The molecule has 110 valence electrons. The molecule has 1 unspecified atom stereocenters. The number of nitrogens with two attached hydrogens (primary N) is 1. The van der Waals surface area contributed by atoms with Gasteiger partial charge in [-0.05, 0) is 18.9 Å². The number of hydrogen-bond acceptors (Lipinski definition) is 2. The van der Waals surface area contributed by atoms with Gasteiger partial charge in [0.1, 0.15) is 0 Å². The van der Waals surface area contributed by atoms with Gasteiger partial charge in [-0.2, -0.15) is 5.10 Å². The summed E-state index contributed by atoms with van der Waals surface area (Å²) in [4.78, 5) is 0. The van der Waals surface area contributed by atoms with Crippen LogP contribution in [0.1, 0.15) is 82.6 Å². The number of hydrogen-bond donors (Lipinski definition) is 1. The summed E-state index contributed by atoms with van der Waals surface area (Å²) in [7, 11) is 2.00. The number of rotatable bonds is 10. The Morgan fingerprint density at radius 3 is 2.32 bits per heavy atom. The van der Waals surface area contributed by atoms with Crippen LogP contribution in [0.2, 0.25) is 0 Å². The lowest BCUT2D eigenvalue weighted by molar-refractivity contribution is 0.520. The van der Waals surface area contributed by atoms with Gasteiger partial charge in [0.2, 0.25) is 0 Å². The third kappa shape index (κ3) is 5.77. The minimum atomic E-state index is 0.147. The first kappa shape index (κ1) is 16.2. The zero-order valence-electron chi connectivity index (χ0n) is 13.0. The summed E-state index contributed by atoms with van der Waals surface area (Å²) in [5.74, 6) is 0. The fourth-order valence-corrected chi connectivity index (χ4v) is 2.53. The van der Waals surface area contributed by atoms with E-state index < -0.39 is 0 Å². The Balaban J connectivity index is 2.19. The Kier molecular flexibility index (Phi) is 7.80. The van der Waals surface area contributed by atoms with Crippen molar-refractivity contribution < 1.29 is 0 Å². The smallest absolute Gasteiger partial charge is 0.0625 e. The molecule has 3 nitrogen and oxygen atoms in total. The molecule has 1 heterocycles. The second-order valence-corrected chi connectivity index (χ2v) is 5.55. The minimum Gasteiger partial charge on any atom is -0.323 e. The molecule has 1 aromatic rings. The molecule has 0 fully saturated rings. The van der Waals surface area contributed by atoms with E-state index in [1.54, 1.807) is 0 Å². The molecule has 2 N–H and O–H groups in total. The fraction of sp³-hybridized carbons (Fsp3) is 0.812. The van der Waals surface area contributed by atoms with Crippen molar-refractivity contribution in [2.24, 2.45) is 12.8 Å². The molecule has 1 rings (SSSR count). The standard InChI is InChI=1S/C16H31N3/c1-4-6-7-8-9-10-11-12-15(17)16-13-14(5-2)18-19(16)3/h13,15H,4-12,17H2,1-3H3. The second kappa shape index (κ2) is 9.13. The predicted molar refractivity (Wildman–Crippen MR) is 82.1 cm³/mol. The first-order valence-electron chi connectivity index (χ1n) is 7.97. The van der Waals surface area contributed by atoms with E-state index in [0.717, 1.165) is 18.5 Å². The van der Waals surface area contributed by atoms with Gasteiger partial charge >= 0.3 is 0 Å². The van der Waals surface area contributed by atoms with E-state index >= 15 is 0 Å². The van der Waals surface area contributed by atoms with Crippen molar-refractivity contribution in [2.45, 2.75) is 77.7 Å². The molecule has 0 amide bonds. The van der Waals surface area contributed by atoms with Crippen LogP contribution >= 0.6 is 0 Å². The molecule has 1 aromatic heterocycles. The lowest BCUT2D eigenvalue weighted by Crippen LogP contribution is -2.14. The van der Waals surface area contributed by atoms with E-state index in [1.165, 1.54) is 50.6 Å². The highest BCUT2D eigenvalue weighted by Gasteiger charge is 2.11. The van der Waals surface area contributed by atoms with Gasteiger partial charge in [-0.25, -0.2) is 0 Å².